The average Bonchev–Trinajstić information content (AvgIpc) is 2.84. The second-order valence-electron chi connectivity index (χ2n) is 3.88. The number of anilines is 1. The SMILES string of the molecule is COc1ccccc1C(=O)NCCc1csc(N)n1. The number of rotatable bonds is 5. The molecule has 1 heterocycles. The summed E-state index contributed by atoms with van der Waals surface area (Å²) in [6.07, 6.45) is 0.661. The summed E-state index contributed by atoms with van der Waals surface area (Å²) in [5.41, 5.74) is 6.96. The Hall–Kier alpha value is -2.08. The topological polar surface area (TPSA) is 77.2 Å². The van der Waals surface area contributed by atoms with E-state index in [0.717, 1.165) is 5.69 Å². The van der Waals surface area contributed by atoms with E-state index in [9.17, 15) is 4.79 Å². The van der Waals surface area contributed by atoms with Gasteiger partial charge in [-0.05, 0) is 12.1 Å². The fourth-order valence-electron chi connectivity index (χ4n) is 1.67. The van der Waals surface area contributed by atoms with Gasteiger partial charge in [0.2, 0.25) is 0 Å². The molecule has 1 aromatic carbocycles. The number of benzene rings is 1. The Morgan fingerprint density at radius 2 is 2.26 bits per heavy atom. The minimum absolute atomic E-state index is 0.152. The maximum Gasteiger partial charge on any atom is 0.255 e. The van der Waals surface area contributed by atoms with Gasteiger partial charge in [-0.15, -0.1) is 11.3 Å². The number of carbonyl (C=O) groups is 1. The number of hydrogen-bond donors (Lipinski definition) is 2. The standard InChI is InChI=1S/C13H15N3O2S/c1-18-11-5-3-2-4-10(11)12(17)15-7-6-9-8-19-13(14)16-9/h2-5,8H,6-7H2,1H3,(H2,14,16)(H,15,17). The molecular weight excluding hydrogens is 262 g/mol. The molecule has 0 fully saturated rings. The van der Waals surface area contributed by atoms with Crippen LogP contribution in [-0.2, 0) is 6.42 Å². The largest absolute Gasteiger partial charge is 0.496 e. The molecule has 0 saturated heterocycles. The molecule has 5 nitrogen and oxygen atoms in total. The van der Waals surface area contributed by atoms with Gasteiger partial charge >= 0.3 is 0 Å². The quantitative estimate of drug-likeness (QED) is 0.872. The number of methoxy groups -OCH3 is 1. The van der Waals surface area contributed by atoms with E-state index >= 15 is 0 Å². The summed E-state index contributed by atoms with van der Waals surface area (Å²) >= 11 is 1.40. The average molecular weight is 277 g/mol. The van der Waals surface area contributed by atoms with Crippen LogP contribution in [0.15, 0.2) is 29.6 Å². The van der Waals surface area contributed by atoms with Crippen molar-refractivity contribution in [1.29, 1.82) is 0 Å². The van der Waals surface area contributed by atoms with Crippen LogP contribution in [0.3, 0.4) is 0 Å². The van der Waals surface area contributed by atoms with Crippen LogP contribution in [0.2, 0.25) is 0 Å². The monoisotopic (exact) mass is 277 g/mol. The van der Waals surface area contributed by atoms with Crippen molar-refractivity contribution in [2.24, 2.45) is 0 Å². The predicted molar refractivity (Wildman–Crippen MR) is 75.6 cm³/mol. The van der Waals surface area contributed by atoms with Crippen LogP contribution in [-0.4, -0.2) is 24.5 Å². The van der Waals surface area contributed by atoms with Gasteiger partial charge in [0.25, 0.3) is 5.91 Å². The molecule has 6 heteroatoms. The Labute approximate surface area is 115 Å². The van der Waals surface area contributed by atoms with Crippen molar-refractivity contribution in [2.75, 3.05) is 19.4 Å². The Morgan fingerprint density at radius 3 is 2.95 bits per heavy atom. The first-order chi connectivity index (χ1) is 9.20. The van der Waals surface area contributed by atoms with E-state index in [1.165, 1.54) is 11.3 Å². The lowest BCUT2D eigenvalue weighted by atomic mass is 10.2. The van der Waals surface area contributed by atoms with Gasteiger partial charge < -0.3 is 15.8 Å². The highest BCUT2D eigenvalue weighted by Gasteiger charge is 2.10. The zero-order valence-corrected chi connectivity index (χ0v) is 11.4. The summed E-state index contributed by atoms with van der Waals surface area (Å²) in [4.78, 5) is 16.1. The number of nitrogens with zero attached hydrogens (tertiary/aromatic N) is 1. The first-order valence-electron chi connectivity index (χ1n) is 5.82. The van der Waals surface area contributed by atoms with Gasteiger partial charge in [-0.2, -0.15) is 0 Å². The number of hydrogen-bond acceptors (Lipinski definition) is 5. The van der Waals surface area contributed by atoms with E-state index in [1.54, 1.807) is 25.3 Å². The van der Waals surface area contributed by atoms with E-state index in [-0.39, 0.29) is 5.91 Å². The molecule has 0 saturated carbocycles. The van der Waals surface area contributed by atoms with E-state index in [0.29, 0.717) is 29.4 Å². The van der Waals surface area contributed by atoms with Crippen molar-refractivity contribution >= 4 is 22.4 Å². The van der Waals surface area contributed by atoms with Crippen LogP contribution in [0.4, 0.5) is 5.13 Å². The molecule has 0 atom stereocenters. The number of nitrogens with one attached hydrogen (secondary N) is 1. The third-order valence-electron chi connectivity index (χ3n) is 2.59. The van der Waals surface area contributed by atoms with Crippen molar-refractivity contribution in [3.8, 4) is 5.75 Å². The first-order valence-corrected chi connectivity index (χ1v) is 6.69. The maximum atomic E-state index is 12.0. The van der Waals surface area contributed by atoms with Gasteiger partial charge in [-0.25, -0.2) is 4.98 Å². The fourth-order valence-corrected chi connectivity index (χ4v) is 2.27. The third-order valence-corrected chi connectivity index (χ3v) is 3.31. The lowest BCUT2D eigenvalue weighted by molar-refractivity contribution is 0.0951. The van der Waals surface area contributed by atoms with Crippen LogP contribution >= 0.6 is 11.3 Å². The number of carbonyl (C=O) groups excluding carboxylic acids is 1. The summed E-state index contributed by atoms with van der Waals surface area (Å²) < 4.78 is 5.15. The molecule has 19 heavy (non-hydrogen) atoms. The van der Waals surface area contributed by atoms with E-state index in [1.807, 2.05) is 11.4 Å². The molecule has 3 N–H and O–H groups in total. The molecule has 0 aliphatic heterocycles. The van der Waals surface area contributed by atoms with Crippen molar-refractivity contribution < 1.29 is 9.53 Å². The predicted octanol–water partition coefficient (Wildman–Crippen LogP) is 1.71. The summed E-state index contributed by atoms with van der Waals surface area (Å²) in [5.74, 6) is 0.415. The lowest BCUT2D eigenvalue weighted by Crippen LogP contribution is -2.26. The maximum absolute atomic E-state index is 12.0. The van der Waals surface area contributed by atoms with Gasteiger partial charge in [-0.3, -0.25) is 4.79 Å². The van der Waals surface area contributed by atoms with E-state index in [2.05, 4.69) is 10.3 Å². The molecule has 100 valence electrons. The second-order valence-corrected chi connectivity index (χ2v) is 4.77. The van der Waals surface area contributed by atoms with Gasteiger partial charge in [0, 0.05) is 18.3 Å². The molecule has 0 radical (unpaired) electrons. The zero-order chi connectivity index (χ0) is 13.7. The van der Waals surface area contributed by atoms with Crippen LogP contribution in [0, 0.1) is 0 Å². The second kappa shape index (κ2) is 6.19. The first kappa shape index (κ1) is 13.4. The number of aromatic nitrogens is 1. The number of nitrogen functional groups attached to an aromatic ring is 1. The van der Waals surface area contributed by atoms with Gasteiger partial charge in [0.15, 0.2) is 5.13 Å². The van der Waals surface area contributed by atoms with Crippen molar-refractivity contribution in [3.05, 3.63) is 40.9 Å². The van der Waals surface area contributed by atoms with Crippen LogP contribution < -0.4 is 15.8 Å². The van der Waals surface area contributed by atoms with Gasteiger partial charge in [-0.1, -0.05) is 12.1 Å². The van der Waals surface area contributed by atoms with E-state index < -0.39 is 0 Å². The fraction of sp³-hybridized carbons (Fsp3) is 0.231. The highest BCUT2D eigenvalue weighted by Crippen LogP contribution is 2.17. The zero-order valence-electron chi connectivity index (χ0n) is 10.6. The highest BCUT2D eigenvalue weighted by molar-refractivity contribution is 7.13. The molecule has 1 aromatic heterocycles. The number of ether oxygens (including phenoxy) is 1. The summed E-state index contributed by atoms with van der Waals surface area (Å²) in [6, 6.07) is 7.12. The van der Waals surface area contributed by atoms with Crippen molar-refractivity contribution in [3.63, 3.8) is 0 Å². The van der Waals surface area contributed by atoms with Gasteiger partial charge in [0.05, 0.1) is 18.4 Å². The molecule has 2 aromatic rings. The van der Waals surface area contributed by atoms with Gasteiger partial charge in [0.1, 0.15) is 5.75 Å². The molecule has 0 aliphatic rings. The number of para-hydroxylation sites is 1. The minimum atomic E-state index is -0.152. The number of amides is 1. The Kier molecular flexibility index (Phi) is 4.35. The lowest BCUT2D eigenvalue weighted by Gasteiger charge is -2.08. The smallest absolute Gasteiger partial charge is 0.255 e. The Bertz CT molecular complexity index is 569. The third kappa shape index (κ3) is 3.45. The summed E-state index contributed by atoms with van der Waals surface area (Å²) in [7, 11) is 1.55. The summed E-state index contributed by atoms with van der Waals surface area (Å²) in [5, 5.41) is 5.28. The Balaban J connectivity index is 1.90. The Morgan fingerprint density at radius 1 is 1.47 bits per heavy atom. The van der Waals surface area contributed by atoms with Crippen LogP contribution in [0.25, 0.3) is 0 Å². The van der Waals surface area contributed by atoms with Crippen LogP contribution in [0.1, 0.15) is 16.1 Å². The molecule has 0 bridgehead atoms. The summed E-state index contributed by atoms with van der Waals surface area (Å²) in [6.45, 7) is 0.514. The molecular formula is C13H15N3O2S. The van der Waals surface area contributed by atoms with E-state index in [4.69, 9.17) is 10.5 Å². The molecule has 1 amide bonds. The van der Waals surface area contributed by atoms with Crippen LogP contribution in [0.5, 0.6) is 5.75 Å². The number of nitrogens with two attached hydrogens (primary N) is 1. The molecule has 0 unspecified atom stereocenters. The molecule has 2 rings (SSSR count). The minimum Gasteiger partial charge on any atom is -0.496 e. The molecule has 0 spiro atoms. The highest BCUT2D eigenvalue weighted by atomic mass is 32.1. The van der Waals surface area contributed by atoms with Crippen molar-refractivity contribution in [1.82, 2.24) is 10.3 Å². The number of thiazole rings is 1. The normalized spacial score (nSPS) is 10.2. The van der Waals surface area contributed by atoms with Crippen molar-refractivity contribution in [2.45, 2.75) is 6.42 Å². The molecule has 0 aliphatic carbocycles.